The molecular formula is C14H24N2O2. The lowest BCUT2D eigenvalue weighted by Gasteiger charge is -2.35. The van der Waals surface area contributed by atoms with Crippen molar-refractivity contribution < 1.29 is 9.53 Å². The molecule has 4 heteroatoms. The van der Waals surface area contributed by atoms with E-state index in [2.05, 4.69) is 5.32 Å². The molecular weight excluding hydrogens is 228 g/mol. The number of hydrogen-bond acceptors (Lipinski definition) is 3. The van der Waals surface area contributed by atoms with Crippen LogP contribution < -0.4 is 5.32 Å². The predicted octanol–water partition coefficient (Wildman–Crippen LogP) is 1.16. The number of nitrogens with one attached hydrogen (secondary N) is 1. The molecule has 0 aromatic rings. The number of carbonyl (C=O) groups is 1. The van der Waals surface area contributed by atoms with E-state index in [4.69, 9.17) is 4.74 Å². The summed E-state index contributed by atoms with van der Waals surface area (Å²) in [5.74, 6) is 0.653. The third-order valence-corrected chi connectivity index (χ3v) is 5.05. The van der Waals surface area contributed by atoms with Gasteiger partial charge in [0.15, 0.2) is 0 Å². The summed E-state index contributed by atoms with van der Waals surface area (Å²) >= 11 is 0. The zero-order valence-corrected chi connectivity index (χ0v) is 11.3. The molecule has 1 aliphatic carbocycles. The molecule has 102 valence electrons. The monoisotopic (exact) mass is 252 g/mol. The minimum absolute atomic E-state index is 0.0596. The van der Waals surface area contributed by atoms with Gasteiger partial charge in [-0.25, -0.2) is 0 Å². The summed E-state index contributed by atoms with van der Waals surface area (Å²) in [5, 5.41) is 3.38. The molecule has 1 N–H and O–H groups in total. The summed E-state index contributed by atoms with van der Waals surface area (Å²) in [4.78, 5) is 14.2. The van der Waals surface area contributed by atoms with Gasteiger partial charge in [-0.15, -0.1) is 0 Å². The Balaban J connectivity index is 1.58. The Morgan fingerprint density at radius 1 is 1.33 bits per heavy atom. The zero-order valence-electron chi connectivity index (χ0n) is 11.3. The van der Waals surface area contributed by atoms with Crippen LogP contribution >= 0.6 is 0 Å². The lowest BCUT2D eigenvalue weighted by molar-refractivity contribution is -0.138. The number of carbonyl (C=O) groups excluding carboxylic acids is 1. The summed E-state index contributed by atoms with van der Waals surface area (Å²) in [6.45, 7) is 2.83. The normalized spacial score (nSPS) is 31.3. The van der Waals surface area contributed by atoms with Crippen LogP contribution in [0.5, 0.6) is 0 Å². The molecule has 2 aliphatic heterocycles. The Bertz CT molecular complexity index is 322. The van der Waals surface area contributed by atoms with Crippen LogP contribution in [0.25, 0.3) is 0 Å². The fraction of sp³-hybridized carbons (Fsp3) is 0.929. The highest BCUT2D eigenvalue weighted by Crippen LogP contribution is 2.37. The Morgan fingerprint density at radius 3 is 2.67 bits per heavy atom. The van der Waals surface area contributed by atoms with E-state index in [0.717, 1.165) is 51.8 Å². The summed E-state index contributed by atoms with van der Waals surface area (Å²) < 4.78 is 6.06. The summed E-state index contributed by atoms with van der Waals surface area (Å²) in [6, 6.07) is 0.302. The molecule has 3 aliphatic rings. The van der Waals surface area contributed by atoms with Gasteiger partial charge in [-0.1, -0.05) is 6.42 Å². The lowest BCUT2D eigenvalue weighted by atomic mass is 9.83. The van der Waals surface area contributed by atoms with Crippen molar-refractivity contribution >= 4 is 5.91 Å². The molecule has 0 bridgehead atoms. The van der Waals surface area contributed by atoms with Gasteiger partial charge in [-0.2, -0.15) is 0 Å². The smallest absolute Gasteiger partial charge is 0.225 e. The molecule has 4 nitrogen and oxygen atoms in total. The minimum Gasteiger partial charge on any atom is -0.373 e. The largest absolute Gasteiger partial charge is 0.373 e. The Kier molecular flexibility index (Phi) is 3.32. The van der Waals surface area contributed by atoms with E-state index >= 15 is 0 Å². The number of rotatable bonds is 2. The second-order valence-corrected chi connectivity index (χ2v) is 6.18. The molecule has 1 atom stereocenters. The van der Waals surface area contributed by atoms with E-state index in [-0.39, 0.29) is 5.60 Å². The van der Waals surface area contributed by atoms with Crippen molar-refractivity contribution in [3.63, 3.8) is 0 Å². The van der Waals surface area contributed by atoms with Crippen LogP contribution in [0.4, 0.5) is 0 Å². The van der Waals surface area contributed by atoms with E-state index in [1.54, 1.807) is 0 Å². The first-order valence-electron chi connectivity index (χ1n) is 7.32. The Labute approximate surface area is 109 Å². The van der Waals surface area contributed by atoms with Gasteiger partial charge in [-0.05, 0) is 45.2 Å². The van der Waals surface area contributed by atoms with E-state index in [1.165, 1.54) is 6.42 Å². The molecule has 1 amide bonds. The quantitative estimate of drug-likeness (QED) is 0.802. The number of hydrogen-bond donors (Lipinski definition) is 1. The van der Waals surface area contributed by atoms with E-state index < -0.39 is 0 Å². The maximum atomic E-state index is 12.2. The average molecular weight is 252 g/mol. The molecule has 0 aromatic heterocycles. The first kappa shape index (κ1) is 12.4. The number of amides is 1. The SMILES string of the molecule is CN(C(=O)C1CCC1)[C@H]1COC2(CCNCC2)C1. The summed E-state index contributed by atoms with van der Waals surface area (Å²) in [7, 11) is 1.97. The van der Waals surface area contributed by atoms with Gasteiger partial charge in [-0.3, -0.25) is 4.79 Å². The molecule has 0 radical (unpaired) electrons. The van der Waals surface area contributed by atoms with Crippen molar-refractivity contribution in [3.05, 3.63) is 0 Å². The molecule has 1 spiro atoms. The Hall–Kier alpha value is -0.610. The van der Waals surface area contributed by atoms with Crippen LogP contribution in [0, 0.1) is 5.92 Å². The topological polar surface area (TPSA) is 41.6 Å². The van der Waals surface area contributed by atoms with Crippen molar-refractivity contribution in [2.45, 2.75) is 50.2 Å². The molecule has 18 heavy (non-hydrogen) atoms. The van der Waals surface area contributed by atoms with E-state index in [9.17, 15) is 4.79 Å². The van der Waals surface area contributed by atoms with E-state index in [0.29, 0.717) is 17.9 Å². The molecule has 2 saturated heterocycles. The van der Waals surface area contributed by atoms with Gasteiger partial charge in [0.25, 0.3) is 0 Å². The van der Waals surface area contributed by atoms with Crippen LogP contribution in [0.15, 0.2) is 0 Å². The Morgan fingerprint density at radius 2 is 2.06 bits per heavy atom. The van der Waals surface area contributed by atoms with Crippen molar-refractivity contribution in [1.29, 1.82) is 0 Å². The minimum atomic E-state index is 0.0596. The number of nitrogens with zero attached hydrogens (tertiary/aromatic N) is 1. The highest BCUT2D eigenvalue weighted by atomic mass is 16.5. The van der Waals surface area contributed by atoms with Crippen LogP contribution in [-0.2, 0) is 9.53 Å². The molecule has 3 rings (SSSR count). The van der Waals surface area contributed by atoms with Crippen molar-refractivity contribution in [2.75, 3.05) is 26.7 Å². The fourth-order valence-corrected chi connectivity index (χ4v) is 3.42. The first-order valence-corrected chi connectivity index (χ1v) is 7.32. The van der Waals surface area contributed by atoms with Gasteiger partial charge in [0.1, 0.15) is 0 Å². The van der Waals surface area contributed by atoms with Crippen LogP contribution in [0.3, 0.4) is 0 Å². The first-order chi connectivity index (χ1) is 8.70. The van der Waals surface area contributed by atoms with Crippen molar-refractivity contribution in [1.82, 2.24) is 10.2 Å². The highest BCUT2D eigenvalue weighted by molar-refractivity contribution is 5.79. The maximum Gasteiger partial charge on any atom is 0.225 e. The van der Waals surface area contributed by atoms with Gasteiger partial charge < -0.3 is 15.0 Å². The van der Waals surface area contributed by atoms with Gasteiger partial charge in [0.2, 0.25) is 5.91 Å². The zero-order chi connectivity index (χ0) is 12.6. The number of piperidine rings is 1. The van der Waals surface area contributed by atoms with Gasteiger partial charge in [0.05, 0.1) is 18.2 Å². The fourth-order valence-electron chi connectivity index (χ4n) is 3.42. The van der Waals surface area contributed by atoms with Crippen molar-refractivity contribution in [3.8, 4) is 0 Å². The lowest BCUT2D eigenvalue weighted by Crippen LogP contribution is -2.45. The number of likely N-dealkylation sites (N-methyl/N-ethyl adjacent to an activating group) is 1. The maximum absolute atomic E-state index is 12.2. The molecule has 1 saturated carbocycles. The second kappa shape index (κ2) is 4.82. The van der Waals surface area contributed by atoms with Gasteiger partial charge in [0, 0.05) is 13.0 Å². The van der Waals surface area contributed by atoms with Crippen molar-refractivity contribution in [2.24, 2.45) is 5.92 Å². The molecule has 3 fully saturated rings. The predicted molar refractivity (Wildman–Crippen MR) is 69.3 cm³/mol. The standard InChI is InChI=1S/C14H24N2O2/c1-16(13(17)11-3-2-4-11)12-9-14(18-10-12)5-7-15-8-6-14/h11-12,15H,2-10H2,1H3/t12-/m1/s1. The summed E-state index contributed by atoms with van der Waals surface area (Å²) in [6.07, 6.45) is 6.62. The third kappa shape index (κ3) is 2.16. The van der Waals surface area contributed by atoms with Crippen LogP contribution in [0.2, 0.25) is 0 Å². The van der Waals surface area contributed by atoms with E-state index in [1.807, 2.05) is 11.9 Å². The highest BCUT2D eigenvalue weighted by Gasteiger charge is 2.44. The van der Waals surface area contributed by atoms with Crippen LogP contribution in [0.1, 0.15) is 38.5 Å². The molecule has 0 aromatic carbocycles. The second-order valence-electron chi connectivity index (χ2n) is 6.18. The van der Waals surface area contributed by atoms with Crippen LogP contribution in [-0.4, -0.2) is 49.2 Å². The molecule has 2 heterocycles. The summed E-state index contributed by atoms with van der Waals surface area (Å²) in [5.41, 5.74) is 0.0596. The average Bonchev–Trinajstić information content (AvgIpc) is 2.71. The number of ether oxygens (including phenoxy) is 1. The molecule has 0 unspecified atom stereocenters. The third-order valence-electron chi connectivity index (χ3n) is 5.05. The van der Waals surface area contributed by atoms with Gasteiger partial charge >= 0.3 is 0 Å².